The molecule has 1 nitrogen and oxygen atoms in total. The zero-order valence-corrected chi connectivity index (χ0v) is 21.3. The van der Waals surface area contributed by atoms with Gasteiger partial charge in [0.05, 0.1) is 6.61 Å². The number of benzene rings is 1. The normalized spacial score (nSPS) is 22.4. The highest BCUT2D eigenvalue weighted by Gasteiger charge is 2.69. The lowest BCUT2D eigenvalue weighted by molar-refractivity contribution is -0.0890. The first-order valence-electron chi connectivity index (χ1n) is 10.6. The average molecular weight is 401 g/mol. The first kappa shape index (κ1) is 21.1. The van der Waals surface area contributed by atoms with Crippen molar-refractivity contribution < 1.29 is 4.43 Å². The van der Waals surface area contributed by atoms with Gasteiger partial charge in [0.15, 0.2) is 8.32 Å². The summed E-state index contributed by atoms with van der Waals surface area (Å²) < 4.78 is 6.32. The van der Waals surface area contributed by atoms with Crippen LogP contribution < -0.4 is 0 Å². The Balaban J connectivity index is 2.16. The molecule has 0 amide bonds. The van der Waals surface area contributed by atoms with Crippen LogP contribution in [-0.2, 0) is 16.4 Å². The molecule has 0 heterocycles. The predicted octanol–water partition coefficient (Wildman–Crippen LogP) is 7.47. The number of allylic oxidation sites excluding steroid dienone is 1. The summed E-state index contributed by atoms with van der Waals surface area (Å²) in [6.07, 6.45) is 3.87. The van der Waals surface area contributed by atoms with Crippen LogP contribution in [0.4, 0.5) is 0 Å². The Bertz CT molecular complexity index is 759. The molecule has 2 aliphatic carbocycles. The fraction of sp³-hybridized carbons (Fsp3) is 0.667. The molecule has 2 aliphatic rings. The van der Waals surface area contributed by atoms with Crippen molar-refractivity contribution >= 4 is 22.5 Å². The molecular weight excluding hydrogens is 360 g/mol. The quantitative estimate of drug-likeness (QED) is 0.466. The fourth-order valence-electron chi connectivity index (χ4n) is 6.52. The second-order valence-corrected chi connectivity index (χ2v) is 22.4. The lowest BCUT2D eigenvalue weighted by Gasteiger charge is -2.68. The Morgan fingerprint density at radius 2 is 1.52 bits per heavy atom. The van der Waals surface area contributed by atoms with Crippen LogP contribution in [0.15, 0.2) is 23.8 Å². The van der Waals surface area contributed by atoms with E-state index in [0.717, 1.165) is 6.61 Å². The zero-order valence-electron chi connectivity index (χ0n) is 19.3. The number of rotatable bonds is 5. The summed E-state index contributed by atoms with van der Waals surface area (Å²) in [7, 11) is -2.74. The van der Waals surface area contributed by atoms with Crippen molar-refractivity contribution in [1.29, 1.82) is 0 Å². The third kappa shape index (κ3) is 3.34. The first-order chi connectivity index (χ1) is 12.1. The van der Waals surface area contributed by atoms with Gasteiger partial charge in [0.2, 0.25) is 0 Å². The van der Waals surface area contributed by atoms with E-state index < -0.39 is 16.4 Å². The maximum atomic E-state index is 6.32. The lowest BCUT2D eigenvalue weighted by atomic mass is 9.35. The molecular formula is C24H40OSi2. The Kier molecular flexibility index (Phi) is 4.82. The van der Waals surface area contributed by atoms with E-state index in [-0.39, 0.29) is 5.41 Å². The maximum absolute atomic E-state index is 6.32. The molecule has 1 spiro atoms. The van der Waals surface area contributed by atoms with Crippen molar-refractivity contribution in [2.75, 3.05) is 0 Å². The third-order valence-electron chi connectivity index (χ3n) is 6.70. The molecule has 0 saturated heterocycles. The summed E-state index contributed by atoms with van der Waals surface area (Å²) in [6.45, 7) is 25.1. The van der Waals surface area contributed by atoms with Crippen LogP contribution in [0.2, 0.25) is 45.3 Å². The zero-order chi connectivity index (χ0) is 20.5. The Labute approximate surface area is 169 Å². The molecule has 1 aromatic rings. The molecule has 3 heteroatoms. The molecule has 0 atom stereocenters. The highest BCUT2D eigenvalue weighted by atomic mass is 28.4. The molecule has 0 unspecified atom stereocenters. The second kappa shape index (κ2) is 6.17. The molecule has 27 heavy (non-hydrogen) atoms. The van der Waals surface area contributed by atoms with E-state index in [1.54, 1.807) is 11.1 Å². The highest BCUT2D eigenvalue weighted by Crippen LogP contribution is 2.74. The van der Waals surface area contributed by atoms with Crippen molar-refractivity contribution in [3.8, 4) is 0 Å². The van der Waals surface area contributed by atoms with Gasteiger partial charge in [0, 0.05) is 13.5 Å². The summed E-state index contributed by atoms with van der Waals surface area (Å²) in [4.78, 5) is 0. The van der Waals surface area contributed by atoms with E-state index in [2.05, 4.69) is 91.3 Å². The van der Waals surface area contributed by atoms with E-state index in [0.29, 0.717) is 10.8 Å². The largest absolute Gasteiger partial charge is 0.413 e. The van der Waals surface area contributed by atoms with Crippen molar-refractivity contribution in [2.45, 2.75) is 91.5 Å². The summed E-state index contributed by atoms with van der Waals surface area (Å²) in [5.41, 5.74) is 6.96. The predicted molar refractivity (Wildman–Crippen MR) is 125 cm³/mol. The van der Waals surface area contributed by atoms with Gasteiger partial charge >= 0.3 is 0 Å². The van der Waals surface area contributed by atoms with Crippen LogP contribution in [0.1, 0.15) is 50.8 Å². The van der Waals surface area contributed by atoms with Gasteiger partial charge in [0.25, 0.3) is 0 Å². The first-order valence-corrected chi connectivity index (χ1v) is 17.7. The van der Waals surface area contributed by atoms with Crippen molar-refractivity contribution in [1.82, 2.24) is 0 Å². The minimum absolute atomic E-state index is 0.185. The molecule has 0 aliphatic heterocycles. The van der Waals surface area contributed by atoms with Crippen LogP contribution >= 0.6 is 0 Å². The molecule has 0 aromatic heterocycles. The second-order valence-electron chi connectivity index (χ2n) is 12.4. The molecule has 0 bridgehead atoms. The molecule has 1 saturated carbocycles. The van der Waals surface area contributed by atoms with Gasteiger partial charge in [0.1, 0.15) is 0 Å². The topological polar surface area (TPSA) is 9.23 Å². The average Bonchev–Trinajstić information content (AvgIpc) is 2.77. The minimum Gasteiger partial charge on any atom is -0.413 e. The van der Waals surface area contributed by atoms with Crippen molar-refractivity contribution in [3.63, 3.8) is 0 Å². The Morgan fingerprint density at radius 1 is 0.926 bits per heavy atom. The van der Waals surface area contributed by atoms with Gasteiger partial charge in [-0.05, 0) is 59.6 Å². The smallest absolute Gasteiger partial charge is 0.184 e. The van der Waals surface area contributed by atoms with E-state index in [9.17, 15) is 0 Å². The number of fused-ring (bicyclic) bond motifs is 2. The van der Waals surface area contributed by atoms with Gasteiger partial charge in [-0.15, -0.1) is 0 Å². The molecule has 1 fully saturated rings. The van der Waals surface area contributed by atoms with E-state index in [4.69, 9.17) is 4.43 Å². The number of hydrogen-bond acceptors (Lipinski definition) is 1. The van der Waals surface area contributed by atoms with Crippen LogP contribution in [0.25, 0.3) is 6.08 Å². The van der Waals surface area contributed by atoms with Gasteiger partial charge in [-0.25, -0.2) is 0 Å². The summed E-state index contributed by atoms with van der Waals surface area (Å²) >= 11 is 0. The Morgan fingerprint density at radius 3 is 2.00 bits per heavy atom. The van der Waals surface area contributed by atoms with E-state index >= 15 is 0 Å². The van der Waals surface area contributed by atoms with E-state index in [1.165, 1.54) is 23.6 Å². The van der Waals surface area contributed by atoms with Gasteiger partial charge in [-0.2, -0.15) is 0 Å². The van der Waals surface area contributed by atoms with Crippen LogP contribution in [0, 0.1) is 10.8 Å². The van der Waals surface area contributed by atoms with Crippen LogP contribution in [-0.4, -0.2) is 16.4 Å². The highest BCUT2D eigenvalue weighted by molar-refractivity contribution is 6.76. The maximum Gasteiger partial charge on any atom is 0.184 e. The standard InChI is InChI=1S/C24H40OSi2/c1-22(2)17-23(3,4)24(22)19(16-26(5,6)7)14-20-18(12-11-13-21(20)24)15-25-27(8,9)10/h11-14H,15-17H2,1-10H3. The van der Waals surface area contributed by atoms with Gasteiger partial charge < -0.3 is 4.43 Å². The molecule has 0 radical (unpaired) electrons. The summed E-state index contributed by atoms with van der Waals surface area (Å²) in [5, 5.41) is 0. The third-order valence-corrected chi connectivity index (χ3v) is 9.15. The lowest BCUT2D eigenvalue weighted by Crippen LogP contribution is -2.64. The number of hydrogen-bond donors (Lipinski definition) is 0. The minimum atomic E-state index is -1.53. The Hall–Kier alpha value is -0.646. The van der Waals surface area contributed by atoms with Gasteiger partial charge in [-0.3, -0.25) is 0 Å². The monoisotopic (exact) mass is 400 g/mol. The SMILES string of the molecule is CC1(C)CC(C)(C)C12C(C[Si](C)(C)C)=Cc1c(CO[Si](C)(C)C)cccc12. The molecule has 1 aromatic carbocycles. The van der Waals surface area contributed by atoms with E-state index in [1.807, 2.05) is 0 Å². The van der Waals surface area contributed by atoms with Crippen molar-refractivity contribution in [2.24, 2.45) is 10.8 Å². The summed E-state index contributed by atoms with van der Waals surface area (Å²) in [5.74, 6) is 0. The molecule has 150 valence electrons. The molecule has 0 N–H and O–H groups in total. The summed E-state index contributed by atoms with van der Waals surface area (Å²) in [6, 6.07) is 8.28. The van der Waals surface area contributed by atoms with Crippen molar-refractivity contribution in [3.05, 3.63) is 40.5 Å². The van der Waals surface area contributed by atoms with Crippen LogP contribution in [0.3, 0.4) is 0 Å². The molecule has 3 rings (SSSR count). The fourth-order valence-corrected chi connectivity index (χ4v) is 8.62. The van der Waals surface area contributed by atoms with Gasteiger partial charge in [-0.1, -0.05) is 77.2 Å². The van der Waals surface area contributed by atoms with Crippen LogP contribution in [0.5, 0.6) is 0 Å².